The summed E-state index contributed by atoms with van der Waals surface area (Å²) in [7, 11) is 1.67. The predicted octanol–water partition coefficient (Wildman–Crippen LogP) is 4.52. The normalized spacial score (nSPS) is 12.5. The first-order chi connectivity index (χ1) is 8.67. The average Bonchev–Trinajstić information content (AvgIpc) is 2.37. The van der Waals surface area contributed by atoms with Crippen molar-refractivity contribution >= 4 is 15.9 Å². The second-order valence-corrected chi connectivity index (χ2v) is 5.59. The van der Waals surface area contributed by atoms with E-state index >= 15 is 0 Å². The number of benzene rings is 1. The highest BCUT2D eigenvalue weighted by Crippen LogP contribution is 2.26. The third-order valence-electron chi connectivity index (χ3n) is 2.88. The fourth-order valence-electron chi connectivity index (χ4n) is 2.00. The molecule has 0 aliphatic rings. The Bertz CT molecular complexity index is 339. The molecule has 0 fully saturated rings. The zero-order valence-corrected chi connectivity index (χ0v) is 13.1. The minimum Gasteiger partial charge on any atom is -0.493 e. The largest absolute Gasteiger partial charge is 0.493 e. The molecule has 0 aromatic heterocycles. The van der Waals surface area contributed by atoms with Crippen molar-refractivity contribution in [1.82, 2.24) is 0 Å². The number of rotatable bonds is 8. The van der Waals surface area contributed by atoms with Crippen LogP contribution in [0.3, 0.4) is 0 Å². The summed E-state index contributed by atoms with van der Waals surface area (Å²) in [5.74, 6) is 3.05. The number of hydrogen-bond donors (Lipinski definition) is 0. The first kappa shape index (κ1) is 15.4. The van der Waals surface area contributed by atoms with E-state index in [1.165, 1.54) is 6.42 Å². The lowest BCUT2D eigenvalue weighted by Crippen LogP contribution is -2.11. The van der Waals surface area contributed by atoms with Gasteiger partial charge in [0, 0.05) is 5.33 Å². The van der Waals surface area contributed by atoms with Crippen molar-refractivity contribution in [3.8, 4) is 11.5 Å². The summed E-state index contributed by atoms with van der Waals surface area (Å²) < 4.78 is 11.1. The molecule has 2 nitrogen and oxygen atoms in total. The molecular weight excluding hydrogens is 292 g/mol. The number of ether oxygens (including phenoxy) is 2. The molecule has 0 saturated heterocycles. The van der Waals surface area contributed by atoms with E-state index in [4.69, 9.17) is 9.47 Å². The molecule has 0 aliphatic carbocycles. The van der Waals surface area contributed by atoms with Crippen LogP contribution in [0.15, 0.2) is 24.3 Å². The van der Waals surface area contributed by atoms with Crippen LogP contribution >= 0.6 is 15.9 Å². The van der Waals surface area contributed by atoms with Crippen molar-refractivity contribution < 1.29 is 9.47 Å². The minimum absolute atomic E-state index is 0.680. The number of halogens is 1. The number of para-hydroxylation sites is 2. The fraction of sp³-hybridized carbons (Fsp3) is 0.600. The summed E-state index contributed by atoms with van der Waals surface area (Å²) in [5.41, 5.74) is 0. The Hall–Kier alpha value is -0.700. The maximum Gasteiger partial charge on any atom is 0.161 e. The van der Waals surface area contributed by atoms with Crippen LogP contribution in [0.5, 0.6) is 11.5 Å². The molecule has 102 valence electrons. The predicted molar refractivity (Wildman–Crippen MR) is 79.8 cm³/mol. The number of alkyl halides is 1. The maximum atomic E-state index is 5.80. The molecule has 0 radical (unpaired) electrons. The van der Waals surface area contributed by atoms with Crippen LogP contribution in [-0.4, -0.2) is 19.0 Å². The van der Waals surface area contributed by atoms with Crippen molar-refractivity contribution in [2.45, 2.75) is 26.7 Å². The zero-order chi connectivity index (χ0) is 13.4. The van der Waals surface area contributed by atoms with Gasteiger partial charge < -0.3 is 9.47 Å². The molecular formula is C15H23BrO2. The Morgan fingerprint density at radius 1 is 1.17 bits per heavy atom. The van der Waals surface area contributed by atoms with E-state index in [1.54, 1.807) is 7.11 Å². The third kappa shape index (κ3) is 5.30. The van der Waals surface area contributed by atoms with E-state index in [-0.39, 0.29) is 0 Å². The Labute approximate surface area is 119 Å². The Morgan fingerprint density at radius 2 is 1.83 bits per heavy atom. The van der Waals surface area contributed by atoms with Crippen molar-refractivity contribution in [2.24, 2.45) is 11.8 Å². The van der Waals surface area contributed by atoms with E-state index in [1.807, 2.05) is 24.3 Å². The summed E-state index contributed by atoms with van der Waals surface area (Å²) in [4.78, 5) is 0. The first-order valence-electron chi connectivity index (χ1n) is 6.49. The van der Waals surface area contributed by atoms with E-state index in [0.717, 1.165) is 35.8 Å². The van der Waals surface area contributed by atoms with Gasteiger partial charge in [-0.05, 0) is 36.8 Å². The molecule has 18 heavy (non-hydrogen) atoms. The van der Waals surface area contributed by atoms with Gasteiger partial charge in [0.2, 0.25) is 0 Å². The third-order valence-corrected chi connectivity index (χ3v) is 3.79. The van der Waals surface area contributed by atoms with Gasteiger partial charge in [0.1, 0.15) is 0 Å². The molecule has 1 aromatic carbocycles. The van der Waals surface area contributed by atoms with Crippen LogP contribution < -0.4 is 9.47 Å². The first-order valence-corrected chi connectivity index (χ1v) is 7.61. The van der Waals surface area contributed by atoms with Crippen LogP contribution in [0.25, 0.3) is 0 Å². The van der Waals surface area contributed by atoms with Crippen LogP contribution in [0, 0.1) is 11.8 Å². The van der Waals surface area contributed by atoms with Gasteiger partial charge in [-0.3, -0.25) is 0 Å². The molecule has 1 atom stereocenters. The quantitative estimate of drug-likeness (QED) is 0.657. The van der Waals surface area contributed by atoms with Crippen molar-refractivity contribution in [1.29, 1.82) is 0 Å². The summed E-state index contributed by atoms with van der Waals surface area (Å²) in [5, 5.41) is 1.04. The van der Waals surface area contributed by atoms with Gasteiger partial charge in [0.25, 0.3) is 0 Å². The van der Waals surface area contributed by atoms with Crippen molar-refractivity contribution in [2.75, 3.05) is 19.0 Å². The smallest absolute Gasteiger partial charge is 0.161 e. The second-order valence-electron chi connectivity index (χ2n) is 4.94. The Morgan fingerprint density at radius 3 is 2.39 bits per heavy atom. The summed E-state index contributed by atoms with van der Waals surface area (Å²) in [6, 6.07) is 7.79. The van der Waals surface area contributed by atoms with E-state index in [9.17, 15) is 0 Å². The number of hydrogen-bond acceptors (Lipinski definition) is 2. The second kappa shape index (κ2) is 8.41. The van der Waals surface area contributed by atoms with Crippen LogP contribution in [0.2, 0.25) is 0 Å². The summed E-state index contributed by atoms with van der Waals surface area (Å²) in [6.45, 7) is 5.26. The molecule has 1 aromatic rings. The molecule has 0 spiro atoms. The van der Waals surface area contributed by atoms with E-state index in [0.29, 0.717) is 5.92 Å². The lowest BCUT2D eigenvalue weighted by Gasteiger charge is -2.17. The lowest BCUT2D eigenvalue weighted by molar-refractivity contribution is 0.260. The van der Waals surface area contributed by atoms with E-state index in [2.05, 4.69) is 29.8 Å². The standard InChI is InChI=1S/C15H23BrO2/c1-12(2)10-13(11-16)8-9-18-15-7-5-4-6-14(15)17-3/h4-7,12-13H,8-11H2,1-3H3. The molecule has 0 N–H and O–H groups in total. The highest BCUT2D eigenvalue weighted by molar-refractivity contribution is 9.09. The summed E-state index contributed by atoms with van der Waals surface area (Å²) >= 11 is 3.58. The Kier molecular flexibility index (Phi) is 7.18. The highest BCUT2D eigenvalue weighted by Gasteiger charge is 2.10. The van der Waals surface area contributed by atoms with Crippen LogP contribution in [0.4, 0.5) is 0 Å². The number of methoxy groups -OCH3 is 1. The Balaban J connectivity index is 2.40. The fourth-order valence-corrected chi connectivity index (χ4v) is 2.59. The molecule has 0 bridgehead atoms. The van der Waals surface area contributed by atoms with Gasteiger partial charge in [-0.15, -0.1) is 0 Å². The molecule has 1 rings (SSSR count). The SMILES string of the molecule is COc1ccccc1OCCC(CBr)CC(C)C. The van der Waals surface area contributed by atoms with Crippen LogP contribution in [0.1, 0.15) is 26.7 Å². The van der Waals surface area contributed by atoms with Gasteiger partial charge in [0.15, 0.2) is 11.5 Å². The molecule has 0 heterocycles. The average molecular weight is 315 g/mol. The minimum atomic E-state index is 0.680. The van der Waals surface area contributed by atoms with Crippen molar-refractivity contribution in [3.05, 3.63) is 24.3 Å². The monoisotopic (exact) mass is 314 g/mol. The van der Waals surface area contributed by atoms with Gasteiger partial charge >= 0.3 is 0 Å². The summed E-state index contributed by atoms with van der Waals surface area (Å²) in [6.07, 6.45) is 2.31. The molecule has 0 saturated carbocycles. The molecule has 0 aliphatic heterocycles. The topological polar surface area (TPSA) is 18.5 Å². The van der Waals surface area contributed by atoms with Gasteiger partial charge in [0.05, 0.1) is 13.7 Å². The molecule has 1 unspecified atom stereocenters. The van der Waals surface area contributed by atoms with Crippen molar-refractivity contribution in [3.63, 3.8) is 0 Å². The van der Waals surface area contributed by atoms with E-state index < -0.39 is 0 Å². The maximum absolute atomic E-state index is 5.80. The highest BCUT2D eigenvalue weighted by atomic mass is 79.9. The lowest BCUT2D eigenvalue weighted by atomic mass is 9.96. The van der Waals surface area contributed by atoms with Gasteiger partial charge in [-0.1, -0.05) is 41.9 Å². The molecule has 3 heteroatoms. The van der Waals surface area contributed by atoms with Gasteiger partial charge in [-0.25, -0.2) is 0 Å². The zero-order valence-electron chi connectivity index (χ0n) is 11.5. The van der Waals surface area contributed by atoms with Crippen LogP contribution in [-0.2, 0) is 0 Å². The molecule has 0 amide bonds. The van der Waals surface area contributed by atoms with Gasteiger partial charge in [-0.2, -0.15) is 0 Å².